The van der Waals surface area contributed by atoms with E-state index in [0.717, 1.165) is 17.8 Å². The standard InChI is InChI=1S/C12H11BrF3N3/c1-19-11(2-3-18-19)7-17-10-5-8(12(14,15)16)4-9(13)6-10/h2-6,17H,7H2,1H3. The summed E-state index contributed by atoms with van der Waals surface area (Å²) in [7, 11) is 1.78. The molecule has 1 aromatic carbocycles. The molecule has 3 nitrogen and oxygen atoms in total. The van der Waals surface area contributed by atoms with Gasteiger partial charge < -0.3 is 5.32 Å². The van der Waals surface area contributed by atoms with Gasteiger partial charge in [-0.25, -0.2) is 0 Å². The van der Waals surface area contributed by atoms with Crippen LogP contribution in [-0.2, 0) is 19.8 Å². The van der Waals surface area contributed by atoms with Gasteiger partial charge in [0.2, 0.25) is 0 Å². The van der Waals surface area contributed by atoms with Crippen molar-refractivity contribution >= 4 is 21.6 Å². The third kappa shape index (κ3) is 3.50. The van der Waals surface area contributed by atoms with Crippen molar-refractivity contribution in [3.63, 3.8) is 0 Å². The molecule has 19 heavy (non-hydrogen) atoms. The van der Waals surface area contributed by atoms with E-state index < -0.39 is 11.7 Å². The van der Waals surface area contributed by atoms with Gasteiger partial charge in [-0.1, -0.05) is 15.9 Å². The molecular weight excluding hydrogens is 323 g/mol. The fourth-order valence-corrected chi connectivity index (χ4v) is 2.12. The van der Waals surface area contributed by atoms with Crippen LogP contribution in [0.4, 0.5) is 18.9 Å². The fraction of sp³-hybridized carbons (Fsp3) is 0.250. The predicted octanol–water partition coefficient (Wildman–Crippen LogP) is 3.81. The molecule has 0 unspecified atom stereocenters. The summed E-state index contributed by atoms with van der Waals surface area (Å²) in [6.45, 7) is 0.407. The number of rotatable bonds is 3. The molecule has 2 aromatic rings. The van der Waals surface area contributed by atoms with Crippen LogP contribution in [0.15, 0.2) is 34.9 Å². The normalized spacial score (nSPS) is 11.6. The fourth-order valence-electron chi connectivity index (χ4n) is 1.62. The molecule has 1 aromatic heterocycles. The van der Waals surface area contributed by atoms with E-state index in [4.69, 9.17) is 0 Å². The number of nitrogens with zero attached hydrogens (tertiary/aromatic N) is 2. The zero-order valence-corrected chi connectivity index (χ0v) is 11.6. The number of anilines is 1. The molecule has 0 saturated carbocycles. The summed E-state index contributed by atoms with van der Waals surface area (Å²) in [5.41, 5.74) is 0.603. The van der Waals surface area contributed by atoms with Gasteiger partial charge in [-0.05, 0) is 24.3 Å². The second-order valence-corrected chi connectivity index (χ2v) is 4.94. The van der Waals surface area contributed by atoms with Gasteiger partial charge in [0.05, 0.1) is 17.8 Å². The van der Waals surface area contributed by atoms with Crippen molar-refractivity contribution in [2.24, 2.45) is 7.05 Å². The van der Waals surface area contributed by atoms with Crippen LogP contribution in [0.1, 0.15) is 11.3 Å². The van der Waals surface area contributed by atoms with Crippen LogP contribution in [0, 0.1) is 0 Å². The van der Waals surface area contributed by atoms with Gasteiger partial charge in [-0.2, -0.15) is 18.3 Å². The molecular formula is C12H11BrF3N3. The van der Waals surface area contributed by atoms with E-state index >= 15 is 0 Å². The summed E-state index contributed by atoms with van der Waals surface area (Å²) in [6, 6.07) is 5.54. The van der Waals surface area contributed by atoms with Crippen LogP contribution in [0.25, 0.3) is 0 Å². The van der Waals surface area contributed by atoms with E-state index in [0.29, 0.717) is 16.7 Å². The molecule has 0 bridgehead atoms. The molecule has 0 fully saturated rings. The lowest BCUT2D eigenvalue weighted by molar-refractivity contribution is -0.137. The summed E-state index contributed by atoms with van der Waals surface area (Å²) in [6.07, 6.45) is -2.72. The Kier molecular flexibility index (Phi) is 3.84. The molecule has 0 aliphatic carbocycles. The quantitative estimate of drug-likeness (QED) is 0.925. The molecule has 0 aliphatic heterocycles. The molecule has 1 heterocycles. The van der Waals surface area contributed by atoms with Gasteiger partial charge in [0.1, 0.15) is 0 Å². The zero-order valence-electron chi connectivity index (χ0n) is 10.0. The van der Waals surface area contributed by atoms with E-state index in [1.807, 2.05) is 0 Å². The average Bonchev–Trinajstić information content (AvgIpc) is 2.70. The number of aromatic nitrogens is 2. The molecule has 0 saturated heterocycles. The number of alkyl halides is 3. The first kappa shape index (κ1) is 13.9. The summed E-state index contributed by atoms with van der Waals surface area (Å²) in [5, 5.41) is 6.94. The number of hydrogen-bond donors (Lipinski definition) is 1. The van der Waals surface area contributed by atoms with Crippen LogP contribution in [0.5, 0.6) is 0 Å². The summed E-state index contributed by atoms with van der Waals surface area (Å²) < 4.78 is 40.0. The van der Waals surface area contributed by atoms with Crippen molar-refractivity contribution in [3.05, 3.63) is 46.2 Å². The average molecular weight is 334 g/mol. The molecule has 2 rings (SSSR count). The molecule has 102 valence electrons. The maximum atomic E-state index is 12.7. The lowest BCUT2D eigenvalue weighted by atomic mass is 10.2. The summed E-state index contributed by atoms with van der Waals surface area (Å²) in [4.78, 5) is 0. The number of hydrogen-bond acceptors (Lipinski definition) is 2. The zero-order chi connectivity index (χ0) is 14.0. The van der Waals surface area contributed by atoms with Gasteiger partial charge in [0.25, 0.3) is 0 Å². The highest BCUT2D eigenvalue weighted by Gasteiger charge is 2.31. The summed E-state index contributed by atoms with van der Waals surface area (Å²) in [5.74, 6) is 0. The molecule has 1 N–H and O–H groups in total. The number of halogens is 4. The molecule has 0 aliphatic rings. The number of aryl methyl sites for hydroxylation is 1. The van der Waals surface area contributed by atoms with Gasteiger partial charge in [-0.15, -0.1) is 0 Å². The largest absolute Gasteiger partial charge is 0.416 e. The Balaban J connectivity index is 2.17. The smallest absolute Gasteiger partial charge is 0.379 e. The Morgan fingerprint density at radius 1 is 1.32 bits per heavy atom. The highest BCUT2D eigenvalue weighted by atomic mass is 79.9. The third-order valence-electron chi connectivity index (χ3n) is 2.62. The van der Waals surface area contributed by atoms with Crippen LogP contribution >= 0.6 is 15.9 Å². The van der Waals surface area contributed by atoms with E-state index in [1.54, 1.807) is 30.1 Å². The number of benzene rings is 1. The van der Waals surface area contributed by atoms with Gasteiger partial charge in [0.15, 0.2) is 0 Å². The molecule has 0 spiro atoms. The Labute approximate surface area is 116 Å². The second kappa shape index (κ2) is 5.24. The van der Waals surface area contributed by atoms with Gasteiger partial charge in [0, 0.05) is 23.4 Å². The lowest BCUT2D eigenvalue weighted by Gasteiger charge is -2.12. The minimum atomic E-state index is -4.35. The first-order valence-corrected chi connectivity index (χ1v) is 6.24. The van der Waals surface area contributed by atoms with Gasteiger partial charge >= 0.3 is 6.18 Å². The van der Waals surface area contributed by atoms with Gasteiger partial charge in [-0.3, -0.25) is 4.68 Å². The van der Waals surface area contributed by atoms with E-state index in [-0.39, 0.29) is 0 Å². The highest BCUT2D eigenvalue weighted by molar-refractivity contribution is 9.10. The summed E-state index contributed by atoms with van der Waals surface area (Å²) >= 11 is 3.08. The third-order valence-corrected chi connectivity index (χ3v) is 3.08. The molecule has 0 atom stereocenters. The Morgan fingerprint density at radius 2 is 2.05 bits per heavy atom. The van der Waals surface area contributed by atoms with Crippen LogP contribution in [0.2, 0.25) is 0 Å². The van der Waals surface area contributed by atoms with Crippen molar-refractivity contribution in [1.82, 2.24) is 9.78 Å². The first-order valence-electron chi connectivity index (χ1n) is 5.45. The van der Waals surface area contributed by atoms with Crippen molar-refractivity contribution in [2.45, 2.75) is 12.7 Å². The van der Waals surface area contributed by atoms with E-state index in [1.165, 1.54) is 0 Å². The van der Waals surface area contributed by atoms with E-state index in [2.05, 4.69) is 26.3 Å². The minimum Gasteiger partial charge on any atom is -0.379 e. The van der Waals surface area contributed by atoms with Crippen LogP contribution in [-0.4, -0.2) is 9.78 Å². The van der Waals surface area contributed by atoms with Crippen molar-refractivity contribution < 1.29 is 13.2 Å². The topological polar surface area (TPSA) is 29.9 Å². The minimum absolute atomic E-state index is 0.384. The maximum Gasteiger partial charge on any atom is 0.416 e. The molecule has 7 heteroatoms. The molecule has 0 amide bonds. The van der Waals surface area contributed by atoms with E-state index in [9.17, 15) is 13.2 Å². The highest BCUT2D eigenvalue weighted by Crippen LogP contribution is 2.33. The maximum absolute atomic E-state index is 12.7. The number of nitrogens with one attached hydrogen (secondary N) is 1. The van der Waals surface area contributed by atoms with Crippen LogP contribution in [0.3, 0.4) is 0 Å². The Bertz CT molecular complexity index is 578. The molecule has 0 radical (unpaired) electrons. The first-order chi connectivity index (χ1) is 8.86. The second-order valence-electron chi connectivity index (χ2n) is 4.03. The SMILES string of the molecule is Cn1nccc1CNc1cc(Br)cc(C(F)(F)F)c1. The van der Waals surface area contributed by atoms with Crippen molar-refractivity contribution in [1.29, 1.82) is 0 Å². The monoisotopic (exact) mass is 333 g/mol. The van der Waals surface area contributed by atoms with Crippen molar-refractivity contribution in [2.75, 3.05) is 5.32 Å². The Morgan fingerprint density at radius 3 is 2.63 bits per heavy atom. The lowest BCUT2D eigenvalue weighted by Crippen LogP contribution is -2.08. The predicted molar refractivity (Wildman–Crippen MR) is 69.7 cm³/mol. The Hall–Kier alpha value is -1.50. The van der Waals surface area contributed by atoms with Crippen molar-refractivity contribution in [3.8, 4) is 0 Å². The van der Waals surface area contributed by atoms with Crippen LogP contribution < -0.4 is 5.32 Å².